The summed E-state index contributed by atoms with van der Waals surface area (Å²) in [5.41, 5.74) is 0.680. The summed E-state index contributed by atoms with van der Waals surface area (Å²) in [6.45, 7) is 1.91. The van der Waals surface area contributed by atoms with E-state index in [0.29, 0.717) is 31.9 Å². The van der Waals surface area contributed by atoms with E-state index < -0.39 is 12.1 Å². The van der Waals surface area contributed by atoms with Crippen molar-refractivity contribution in [2.24, 2.45) is 0 Å². The van der Waals surface area contributed by atoms with Crippen LogP contribution in [-0.2, 0) is 14.3 Å². The molecule has 1 amide bonds. The highest BCUT2D eigenvalue weighted by Crippen LogP contribution is 2.22. The van der Waals surface area contributed by atoms with E-state index in [4.69, 9.17) is 9.47 Å². The Hall–Kier alpha value is -2.80. The second-order valence-corrected chi connectivity index (χ2v) is 5.22. The van der Waals surface area contributed by atoms with Crippen LogP contribution in [0.2, 0.25) is 0 Å². The van der Waals surface area contributed by atoms with Gasteiger partial charge in [0.1, 0.15) is 0 Å². The summed E-state index contributed by atoms with van der Waals surface area (Å²) in [4.78, 5) is 34.5. The SMILES string of the molecule is O=C(O[C@H](C(=O)N1CCOCC1)c1ccccc1)c1cnccn1. The van der Waals surface area contributed by atoms with Crippen LogP contribution in [0.15, 0.2) is 48.9 Å². The van der Waals surface area contributed by atoms with Crippen molar-refractivity contribution in [3.8, 4) is 0 Å². The predicted molar refractivity (Wildman–Crippen MR) is 84.0 cm³/mol. The Balaban J connectivity index is 1.82. The maximum atomic E-state index is 12.8. The number of morpholine rings is 1. The third kappa shape index (κ3) is 3.75. The molecular formula is C17H17N3O4. The quantitative estimate of drug-likeness (QED) is 0.786. The number of nitrogens with zero attached hydrogens (tertiary/aromatic N) is 3. The molecule has 1 aliphatic heterocycles. The standard InChI is InChI=1S/C17H17N3O4/c21-16(20-8-10-23-11-9-20)15(13-4-2-1-3-5-13)24-17(22)14-12-18-6-7-19-14/h1-7,12,15H,8-11H2/t15-/m0/s1. The molecule has 1 aliphatic rings. The Morgan fingerprint density at radius 1 is 1.12 bits per heavy atom. The van der Waals surface area contributed by atoms with Crippen molar-refractivity contribution < 1.29 is 19.1 Å². The summed E-state index contributed by atoms with van der Waals surface area (Å²) in [5, 5.41) is 0. The number of carbonyl (C=O) groups excluding carboxylic acids is 2. The average molecular weight is 327 g/mol. The number of amides is 1. The van der Waals surface area contributed by atoms with Crippen molar-refractivity contribution in [2.75, 3.05) is 26.3 Å². The largest absolute Gasteiger partial charge is 0.443 e. The van der Waals surface area contributed by atoms with Crippen LogP contribution in [0.3, 0.4) is 0 Å². The number of rotatable bonds is 4. The highest BCUT2D eigenvalue weighted by atomic mass is 16.5. The highest BCUT2D eigenvalue weighted by molar-refractivity contribution is 5.91. The van der Waals surface area contributed by atoms with Gasteiger partial charge in [-0.15, -0.1) is 0 Å². The molecule has 0 aliphatic carbocycles. The zero-order valence-corrected chi connectivity index (χ0v) is 13.0. The summed E-state index contributed by atoms with van der Waals surface area (Å²) in [5.74, 6) is -0.944. The number of hydrogen-bond donors (Lipinski definition) is 0. The Morgan fingerprint density at radius 3 is 2.54 bits per heavy atom. The third-order valence-electron chi connectivity index (χ3n) is 3.65. The molecule has 0 radical (unpaired) electrons. The van der Waals surface area contributed by atoms with Gasteiger partial charge in [-0.1, -0.05) is 30.3 Å². The van der Waals surface area contributed by atoms with Crippen LogP contribution in [0.5, 0.6) is 0 Å². The van der Waals surface area contributed by atoms with Gasteiger partial charge in [0, 0.05) is 31.0 Å². The minimum atomic E-state index is -1.01. The average Bonchev–Trinajstić information content (AvgIpc) is 2.67. The van der Waals surface area contributed by atoms with Crippen LogP contribution in [0.4, 0.5) is 0 Å². The monoisotopic (exact) mass is 327 g/mol. The normalized spacial score (nSPS) is 15.6. The molecule has 7 heteroatoms. The van der Waals surface area contributed by atoms with Crippen molar-refractivity contribution in [3.63, 3.8) is 0 Å². The van der Waals surface area contributed by atoms with E-state index >= 15 is 0 Å². The first kappa shape index (κ1) is 16.1. The smallest absolute Gasteiger partial charge is 0.359 e. The van der Waals surface area contributed by atoms with Crippen LogP contribution >= 0.6 is 0 Å². The first-order chi connectivity index (χ1) is 11.8. The van der Waals surface area contributed by atoms with E-state index in [0.717, 1.165) is 0 Å². The second-order valence-electron chi connectivity index (χ2n) is 5.22. The molecule has 24 heavy (non-hydrogen) atoms. The minimum Gasteiger partial charge on any atom is -0.443 e. The topological polar surface area (TPSA) is 81.6 Å². The van der Waals surface area contributed by atoms with Crippen LogP contribution in [0, 0.1) is 0 Å². The number of esters is 1. The molecule has 1 aromatic heterocycles. The maximum absolute atomic E-state index is 12.8. The Labute approximate surface area is 139 Å². The molecular weight excluding hydrogens is 310 g/mol. The van der Waals surface area contributed by atoms with E-state index in [9.17, 15) is 9.59 Å². The zero-order chi connectivity index (χ0) is 16.8. The summed E-state index contributed by atoms with van der Waals surface area (Å²) in [6, 6.07) is 8.94. The van der Waals surface area contributed by atoms with Gasteiger partial charge in [0.25, 0.3) is 5.91 Å². The van der Waals surface area contributed by atoms with Crippen LogP contribution in [0.25, 0.3) is 0 Å². The summed E-state index contributed by atoms with van der Waals surface area (Å²) < 4.78 is 10.7. The summed E-state index contributed by atoms with van der Waals surface area (Å²) >= 11 is 0. The van der Waals surface area contributed by atoms with Gasteiger partial charge in [-0.2, -0.15) is 0 Å². The fraction of sp³-hybridized carbons (Fsp3) is 0.294. The molecule has 1 aromatic carbocycles. The van der Waals surface area contributed by atoms with Crippen molar-refractivity contribution in [1.29, 1.82) is 0 Å². The van der Waals surface area contributed by atoms with E-state index in [2.05, 4.69) is 9.97 Å². The van der Waals surface area contributed by atoms with Gasteiger partial charge in [0.15, 0.2) is 5.69 Å². The Morgan fingerprint density at radius 2 is 1.88 bits per heavy atom. The second kappa shape index (κ2) is 7.65. The highest BCUT2D eigenvalue weighted by Gasteiger charge is 2.31. The van der Waals surface area contributed by atoms with Crippen molar-refractivity contribution in [1.82, 2.24) is 14.9 Å². The molecule has 124 valence electrons. The zero-order valence-electron chi connectivity index (χ0n) is 13.0. The number of benzene rings is 1. The molecule has 2 heterocycles. The van der Waals surface area contributed by atoms with E-state index in [1.807, 2.05) is 6.07 Å². The van der Waals surface area contributed by atoms with Crippen molar-refractivity contribution >= 4 is 11.9 Å². The molecule has 0 unspecified atom stereocenters. The Kier molecular flexibility index (Phi) is 5.12. The van der Waals surface area contributed by atoms with E-state index in [-0.39, 0.29) is 11.6 Å². The molecule has 3 rings (SSSR count). The lowest BCUT2D eigenvalue weighted by Crippen LogP contribution is -2.44. The number of aromatic nitrogens is 2. The molecule has 0 saturated carbocycles. The van der Waals surface area contributed by atoms with Crippen LogP contribution in [0.1, 0.15) is 22.2 Å². The van der Waals surface area contributed by atoms with Crippen LogP contribution < -0.4 is 0 Å². The summed E-state index contributed by atoms with van der Waals surface area (Å²) in [7, 11) is 0. The molecule has 2 aromatic rings. The predicted octanol–water partition coefficient (Wildman–Crippen LogP) is 1.23. The fourth-order valence-electron chi connectivity index (χ4n) is 2.41. The molecule has 1 atom stereocenters. The van der Waals surface area contributed by atoms with Gasteiger partial charge >= 0.3 is 5.97 Å². The lowest BCUT2D eigenvalue weighted by Gasteiger charge is -2.30. The molecule has 1 saturated heterocycles. The lowest BCUT2D eigenvalue weighted by molar-refractivity contribution is -0.145. The maximum Gasteiger partial charge on any atom is 0.359 e. The molecule has 7 nitrogen and oxygen atoms in total. The van der Waals surface area contributed by atoms with Gasteiger partial charge in [-0.3, -0.25) is 9.78 Å². The van der Waals surface area contributed by atoms with Crippen LogP contribution in [-0.4, -0.2) is 53.0 Å². The fourth-order valence-corrected chi connectivity index (χ4v) is 2.41. The van der Waals surface area contributed by atoms with Gasteiger partial charge < -0.3 is 14.4 Å². The third-order valence-corrected chi connectivity index (χ3v) is 3.65. The number of carbonyl (C=O) groups is 2. The van der Waals surface area contributed by atoms with Gasteiger partial charge in [-0.25, -0.2) is 9.78 Å². The van der Waals surface area contributed by atoms with Gasteiger partial charge in [0.05, 0.1) is 19.4 Å². The number of hydrogen-bond acceptors (Lipinski definition) is 6. The molecule has 0 N–H and O–H groups in total. The Bertz CT molecular complexity index is 687. The van der Waals surface area contributed by atoms with Crippen molar-refractivity contribution in [3.05, 3.63) is 60.2 Å². The lowest BCUT2D eigenvalue weighted by atomic mass is 10.1. The minimum absolute atomic E-state index is 0.0632. The van der Waals surface area contributed by atoms with Gasteiger partial charge in [-0.05, 0) is 0 Å². The van der Waals surface area contributed by atoms with E-state index in [1.165, 1.54) is 18.6 Å². The molecule has 0 spiro atoms. The van der Waals surface area contributed by atoms with Gasteiger partial charge in [0.2, 0.25) is 6.10 Å². The summed E-state index contributed by atoms with van der Waals surface area (Å²) in [6.07, 6.45) is 3.16. The molecule has 0 bridgehead atoms. The number of ether oxygens (including phenoxy) is 2. The van der Waals surface area contributed by atoms with Crippen molar-refractivity contribution in [2.45, 2.75) is 6.10 Å². The van der Waals surface area contributed by atoms with E-state index in [1.54, 1.807) is 29.2 Å². The first-order valence-electron chi connectivity index (χ1n) is 7.64. The first-order valence-corrected chi connectivity index (χ1v) is 7.64. The molecule has 1 fully saturated rings.